The van der Waals surface area contributed by atoms with Crippen LogP contribution in [-0.4, -0.2) is 52.1 Å². The van der Waals surface area contributed by atoms with E-state index in [0.717, 1.165) is 31.7 Å². The summed E-state index contributed by atoms with van der Waals surface area (Å²) in [4.78, 5) is 17.1. The normalized spacial score (nSPS) is 16.7. The highest BCUT2D eigenvalue weighted by molar-refractivity contribution is 5.77. The lowest BCUT2D eigenvalue weighted by molar-refractivity contribution is -0.133. The Morgan fingerprint density at radius 3 is 2.38 bits per heavy atom. The van der Waals surface area contributed by atoms with Crippen molar-refractivity contribution in [1.29, 1.82) is 0 Å². The fraction of sp³-hybridized carbons (Fsp3) is 0.423. The van der Waals surface area contributed by atoms with E-state index in [-0.39, 0.29) is 17.9 Å². The molecule has 0 radical (unpaired) electrons. The van der Waals surface area contributed by atoms with Crippen LogP contribution in [0.1, 0.15) is 54.8 Å². The first-order valence-corrected chi connectivity index (χ1v) is 11.4. The van der Waals surface area contributed by atoms with Crippen LogP contribution in [0, 0.1) is 13.8 Å². The van der Waals surface area contributed by atoms with E-state index in [9.17, 15) is 4.79 Å². The van der Waals surface area contributed by atoms with Crippen LogP contribution in [0.2, 0.25) is 0 Å². The van der Waals surface area contributed by atoms with Gasteiger partial charge in [-0.2, -0.15) is 0 Å². The Labute approximate surface area is 190 Å². The number of amides is 1. The average molecular weight is 433 g/mol. The predicted octanol–water partition coefficient (Wildman–Crippen LogP) is 4.75. The lowest BCUT2D eigenvalue weighted by atomic mass is 9.97. The van der Waals surface area contributed by atoms with Crippen LogP contribution in [0.15, 0.2) is 52.9 Å². The van der Waals surface area contributed by atoms with Crippen molar-refractivity contribution in [2.75, 3.05) is 26.2 Å². The van der Waals surface area contributed by atoms with E-state index in [4.69, 9.17) is 4.42 Å². The van der Waals surface area contributed by atoms with Crippen molar-refractivity contribution in [2.24, 2.45) is 0 Å². The van der Waals surface area contributed by atoms with Gasteiger partial charge in [-0.05, 0) is 55.5 Å². The first kappa shape index (κ1) is 22.2. The lowest BCUT2D eigenvalue weighted by Gasteiger charge is -2.37. The molecule has 0 unspecified atom stereocenters. The van der Waals surface area contributed by atoms with Gasteiger partial charge < -0.3 is 9.32 Å². The third-order valence-corrected chi connectivity index (χ3v) is 6.62. The molecule has 2 heterocycles. The number of hydrogen-bond donors (Lipinski definition) is 0. The highest BCUT2D eigenvalue weighted by Gasteiger charge is 2.28. The minimum Gasteiger partial charge on any atom is -0.419 e. The monoisotopic (exact) mass is 432 g/mol. The summed E-state index contributed by atoms with van der Waals surface area (Å²) in [5, 5.41) is 8.58. The number of aromatic nitrogens is 2. The molecule has 2 aromatic carbocycles. The Morgan fingerprint density at radius 1 is 0.969 bits per heavy atom. The third kappa shape index (κ3) is 4.91. The number of hydrogen-bond acceptors (Lipinski definition) is 5. The molecular formula is C26H32N4O2. The Hall–Kier alpha value is -2.99. The van der Waals surface area contributed by atoms with Crippen LogP contribution in [-0.2, 0) is 4.79 Å². The van der Waals surface area contributed by atoms with Gasteiger partial charge in [0.2, 0.25) is 17.7 Å². The van der Waals surface area contributed by atoms with E-state index in [1.54, 1.807) is 0 Å². The molecule has 3 aromatic rings. The Kier molecular flexibility index (Phi) is 6.70. The summed E-state index contributed by atoms with van der Waals surface area (Å²) >= 11 is 0. The lowest BCUT2D eigenvalue weighted by Crippen LogP contribution is -2.49. The molecule has 1 fully saturated rings. The summed E-state index contributed by atoms with van der Waals surface area (Å²) in [5.41, 5.74) is 4.61. The molecule has 4 rings (SSSR count). The van der Waals surface area contributed by atoms with Gasteiger partial charge in [-0.25, -0.2) is 0 Å². The van der Waals surface area contributed by atoms with Gasteiger partial charge in [0.15, 0.2) is 0 Å². The van der Waals surface area contributed by atoms with E-state index in [1.807, 2.05) is 29.2 Å². The molecule has 1 aliphatic rings. The van der Waals surface area contributed by atoms with Crippen LogP contribution >= 0.6 is 0 Å². The smallest absolute Gasteiger partial charge is 0.247 e. The van der Waals surface area contributed by atoms with Gasteiger partial charge in [0.05, 0.1) is 6.04 Å². The van der Waals surface area contributed by atoms with Crippen LogP contribution in [0.4, 0.5) is 0 Å². The SMILES string of the molecule is Cc1ccc(-c2nnc([C@H](C)N3CCN(C(=O)C[C@@H](C)c4ccccc4)CC3)o2)cc1C. The molecule has 1 aliphatic heterocycles. The first-order chi connectivity index (χ1) is 15.4. The summed E-state index contributed by atoms with van der Waals surface area (Å²) in [7, 11) is 0. The van der Waals surface area contributed by atoms with Gasteiger partial charge in [-0.1, -0.05) is 43.3 Å². The molecule has 0 saturated carbocycles. The molecule has 1 aromatic heterocycles. The summed E-state index contributed by atoms with van der Waals surface area (Å²) in [6.45, 7) is 11.4. The molecule has 168 valence electrons. The van der Waals surface area contributed by atoms with Crippen molar-refractivity contribution >= 4 is 5.91 Å². The van der Waals surface area contributed by atoms with Crippen LogP contribution in [0.5, 0.6) is 0 Å². The maximum Gasteiger partial charge on any atom is 0.247 e. The van der Waals surface area contributed by atoms with E-state index in [2.05, 4.69) is 67.1 Å². The summed E-state index contributed by atoms with van der Waals surface area (Å²) in [6.07, 6.45) is 0.544. The number of benzene rings is 2. The van der Waals surface area contributed by atoms with Gasteiger partial charge >= 0.3 is 0 Å². The van der Waals surface area contributed by atoms with Gasteiger partial charge in [0.1, 0.15) is 0 Å². The van der Waals surface area contributed by atoms with Crippen molar-refractivity contribution in [2.45, 2.75) is 46.1 Å². The second-order valence-electron chi connectivity index (χ2n) is 8.85. The number of piperazine rings is 1. The molecule has 6 heteroatoms. The highest BCUT2D eigenvalue weighted by atomic mass is 16.4. The van der Waals surface area contributed by atoms with Crippen molar-refractivity contribution < 1.29 is 9.21 Å². The highest BCUT2D eigenvalue weighted by Crippen LogP contribution is 2.26. The van der Waals surface area contributed by atoms with E-state index >= 15 is 0 Å². The maximum absolute atomic E-state index is 12.8. The Bertz CT molecular complexity index is 1050. The fourth-order valence-corrected chi connectivity index (χ4v) is 4.20. The molecular weight excluding hydrogens is 400 g/mol. The first-order valence-electron chi connectivity index (χ1n) is 11.4. The molecule has 6 nitrogen and oxygen atoms in total. The quantitative estimate of drug-likeness (QED) is 0.562. The zero-order chi connectivity index (χ0) is 22.7. The van der Waals surface area contributed by atoms with E-state index in [1.165, 1.54) is 16.7 Å². The van der Waals surface area contributed by atoms with E-state index in [0.29, 0.717) is 18.2 Å². The molecule has 0 bridgehead atoms. The van der Waals surface area contributed by atoms with Crippen LogP contribution < -0.4 is 0 Å². The Balaban J connectivity index is 1.32. The minimum absolute atomic E-state index is 0.0169. The number of rotatable bonds is 6. The van der Waals surface area contributed by atoms with Crippen molar-refractivity contribution in [3.8, 4) is 11.5 Å². The predicted molar refractivity (Wildman–Crippen MR) is 125 cm³/mol. The number of carbonyl (C=O) groups is 1. The number of carbonyl (C=O) groups excluding carboxylic acids is 1. The molecule has 1 amide bonds. The molecule has 0 N–H and O–H groups in total. The van der Waals surface area contributed by atoms with Crippen LogP contribution in [0.3, 0.4) is 0 Å². The number of aryl methyl sites for hydroxylation is 2. The van der Waals surface area contributed by atoms with Gasteiger partial charge in [0.25, 0.3) is 0 Å². The molecule has 32 heavy (non-hydrogen) atoms. The molecule has 1 saturated heterocycles. The Morgan fingerprint density at radius 2 is 1.69 bits per heavy atom. The summed E-state index contributed by atoms with van der Waals surface area (Å²) in [5.74, 6) is 1.63. The minimum atomic E-state index is 0.0169. The third-order valence-electron chi connectivity index (χ3n) is 6.62. The second-order valence-corrected chi connectivity index (χ2v) is 8.85. The van der Waals surface area contributed by atoms with Gasteiger partial charge in [-0.3, -0.25) is 9.69 Å². The van der Waals surface area contributed by atoms with Crippen molar-refractivity contribution in [3.63, 3.8) is 0 Å². The molecule has 0 aliphatic carbocycles. The maximum atomic E-state index is 12.8. The van der Waals surface area contributed by atoms with Crippen LogP contribution in [0.25, 0.3) is 11.5 Å². The molecule has 0 spiro atoms. The second kappa shape index (κ2) is 9.65. The van der Waals surface area contributed by atoms with Gasteiger partial charge in [0, 0.05) is 38.2 Å². The number of nitrogens with zero attached hydrogens (tertiary/aromatic N) is 4. The van der Waals surface area contributed by atoms with E-state index < -0.39 is 0 Å². The van der Waals surface area contributed by atoms with Gasteiger partial charge in [-0.15, -0.1) is 10.2 Å². The zero-order valence-corrected chi connectivity index (χ0v) is 19.4. The largest absolute Gasteiger partial charge is 0.419 e. The topological polar surface area (TPSA) is 62.5 Å². The zero-order valence-electron chi connectivity index (χ0n) is 19.4. The molecule has 2 atom stereocenters. The standard InChI is InChI=1S/C26H32N4O2/c1-18-10-11-23(16-19(18)2)26-28-27-25(32-26)21(4)29-12-14-30(15-13-29)24(31)17-20(3)22-8-6-5-7-9-22/h5-11,16,20-21H,12-15,17H2,1-4H3/t20-,21+/m1/s1. The average Bonchev–Trinajstić information content (AvgIpc) is 3.31. The summed E-state index contributed by atoms with van der Waals surface area (Å²) < 4.78 is 6.01. The van der Waals surface area contributed by atoms with Crippen molar-refractivity contribution in [3.05, 3.63) is 71.1 Å². The van der Waals surface area contributed by atoms with Crippen molar-refractivity contribution in [1.82, 2.24) is 20.0 Å². The summed E-state index contributed by atoms with van der Waals surface area (Å²) in [6, 6.07) is 16.4. The fourth-order valence-electron chi connectivity index (χ4n) is 4.20.